The van der Waals surface area contributed by atoms with Crippen molar-refractivity contribution in [2.24, 2.45) is 0 Å². The maximum absolute atomic E-state index is 3.56. The molecule has 2 nitrogen and oxygen atoms in total. The van der Waals surface area contributed by atoms with Gasteiger partial charge in [0.05, 0.1) is 0 Å². The molecule has 1 aromatic carbocycles. The monoisotopic (exact) mass is 246 g/mol. The summed E-state index contributed by atoms with van der Waals surface area (Å²) in [6, 6.07) is 6.63. The van der Waals surface area contributed by atoms with Gasteiger partial charge in [-0.2, -0.15) is 0 Å². The van der Waals surface area contributed by atoms with E-state index in [0.717, 1.165) is 13.1 Å². The highest BCUT2D eigenvalue weighted by Crippen LogP contribution is 2.36. The molecule has 0 radical (unpaired) electrons. The highest BCUT2D eigenvalue weighted by atomic mass is 15.3. The zero-order chi connectivity index (χ0) is 13.6. The predicted octanol–water partition coefficient (Wildman–Crippen LogP) is 3.27. The van der Waals surface area contributed by atoms with Gasteiger partial charge in [0.1, 0.15) is 0 Å². The van der Waals surface area contributed by atoms with Crippen molar-refractivity contribution >= 4 is 5.69 Å². The summed E-state index contributed by atoms with van der Waals surface area (Å²) >= 11 is 0. The molecule has 0 spiro atoms. The topological polar surface area (TPSA) is 15.3 Å². The van der Waals surface area contributed by atoms with E-state index in [2.05, 4.69) is 70.0 Å². The molecule has 0 amide bonds. The highest BCUT2D eigenvalue weighted by Gasteiger charge is 2.41. The van der Waals surface area contributed by atoms with Crippen molar-refractivity contribution in [1.82, 2.24) is 5.32 Å². The molecule has 1 fully saturated rings. The molecule has 0 aromatic heterocycles. The number of benzene rings is 1. The molecule has 0 aliphatic carbocycles. The van der Waals surface area contributed by atoms with Gasteiger partial charge in [0.15, 0.2) is 0 Å². The zero-order valence-electron chi connectivity index (χ0n) is 12.6. The van der Waals surface area contributed by atoms with E-state index >= 15 is 0 Å². The van der Waals surface area contributed by atoms with Gasteiger partial charge in [0.2, 0.25) is 0 Å². The van der Waals surface area contributed by atoms with Gasteiger partial charge in [-0.25, -0.2) is 0 Å². The van der Waals surface area contributed by atoms with E-state index in [0.29, 0.717) is 0 Å². The van der Waals surface area contributed by atoms with Crippen LogP contribution in [-0.2, 0) is 0 Å². The molecule has 1 aromatic rings. The van der Waals surface area contributed by atoms with Crippen molar-refractivity contribution in [1.29, 1.82) is 0 Å². The lowest BCUT2D eigenvalue weighted by atomic mass is 9.87. The Kier molecular flexibility index (Phi) is 3.18. The number of hydrogen-bond acceptors (Lipinski definition) is 2. The summed E-state index contributed by atoms with van der Waals surface area (Å²) in [7, 11) is 0. The second-order valence-electron chi connectivity index (χ2n) is 6.78. The van der Waals surface area contributed by atoms with Gasteiger partial charge in [-0.3, -0.25) is 0 Å². The van der Waals surface area contributed by atoms with Crippen LogP contribution in [0.3, 0.4) is 0 Å². The Labute approximate surface area is 111 Å². The first-order valence-corrected chi connectivity index (χ1v) is 6.83. The van der Waals surface area contributed by atoms with Crippen molar-refractivity contribution in [3.63, 3.8) is 0 Å². The van der Waals surface area contributed by atoms with E-state index in [1.54, 1.807) is 0 Å². The van der Waals surface area contributed by atoms with Crippen molar-refractivity contribution in [2.45, 2.75) is 52.6 Å². The Hall–Kier alpha value is -1.02. The molecule has 0 unspecified atom stereocenters. The summed E-state index contributed by atoms with van der Waals surface area (Å²) < 4.78 is 0. The summed E-state index contributed by atoms with van der Waals surface area (Å²) in [5.41, 5.74) is 4.44. The lowest BCUT2D eigenvalue weighted by molar-refractivity contribution is 0.263. The summed E-state index contributed by atoms with van der Waals surface area (Å²) in [5, 5.41) is 3.56. The molecule has 0 bridgehead atoms. The van der Waals surface area contributed by atoms with Crippen LogP contribution >= 0.6 is 0 Å². The van der Waals surface area contributed by atoms with Crippen molar-refractivity contribution in [3.05, 3.63) is 29.3 Å². The van der Waals surface area contributed by atoms with Crippen molar-refractivity contribution in [3.8, 4) is 0 Å². The van der Waals surface area contributed by atoms with Gasteiger partial charge in [0, 0.05) is 29.9 Å². The fraction of sp³-hybridized carbons (Fsp3) is 0.625. The van der Waals surface area contributed by atoms with Crippen LogP contribution in [0.15, 0.2) is 18.2 Å². The van der Waals surface area contributed by atoms with E-state index in [-0.39, 0.29) is 11.1 Å². The molecular formula is C16H26N2. The third-order valence-electron chi connectivity index (χ3n) is 4.14. The molecule has 18 heavy (non-hydrogen) atoms. The average molecular weight is 246 g/mol. The van der Waals surface area contributed by atoms with Crippen LogP contribution in [-0.4, -0.2) is 24.2 Å². The molecular weight excluding hydrogens is 220 g/mol. The first-order chi connectivity index (χ1) is 8.26. The predicted molar refractivity (Wildman–Crippen MR) is 79.4 cm³/mol. The molecule has 0 atom stereocenters. The summed E-state index contributed by atoms with van der Waals surface area (Å²) in [6.45, 7) is 15.8. The smallest absolute Gasteiger partial charge is 0.0476 e. The Morgan fingerprint density at radius 3 is 2.11 bits per heavy atom. The lowest BCUT2D eigenvalue weighted by Crippen LogP contribution is -2.68. The molecule has 1 saturated heterocycles. The van der Waals surface area contributed by atoms with Crippen molar-refractivity contribution in [2.75, 3.05) is 18.0 Å². The van der Waals surface area contributed by atoms with Crippen LogP contribution in [0.2, 0.25) is 0 Å². The highest BCUT2D eigenvalue weighted by molar-refractivity contribution is 5.60. The second kappa shape index (κ2) is 4.27. The minimum absolute atomic E-state index is 0.139. The number of nitrogens with zero attached hydrogens (tertiary/aromatic N) is 1. The van der Waals surface area contributed by atoms with Crippen LogP contribution < -0.4 is 10.2 Å². The fourth-order valence-corrected chi connectivity index (χ4v) is 3.28. The normalized spacial score (nSPS) is 22.0. The number of hydrogen-bond donors (Lipinski definition) is 1. The minimum Gasteiger partial charge on any atom is -0.359 e. The molecule has 100 valence electrons. The summed E-state index contributed by atoms with van der Waals surface area (Å²) in [6.07, 6.45) is 0. The first-order valence-electron chi connectivity index (χ1n) is 6.83. The first kappa shape index (κ1) is 13.4. The van der Waals surface area contributed by atoms with Gasteiger partial charge in [-0.05, 0) is 58.7 Å². The van der Waals surface area contributed by atoms with Crippen molar-refractivity contribution < 1.29 is 0 Å². The van der Waals surface area contributed by atoms with Gasteiger partial charge in [0.25, 0.3) is 0 Å². The Bertz CT molecular complexity index is 430. The Morgan fingerprint density at radius 2 is 1.56 bits per heavy atom. The van der Waals surface area contributed by atoms with E-state index in [4.69, 9.17) is 0 Å². The fourth-order valence-electron chi connectivity index (χ4n) is 3.28. The van der Waals surface area contributed by atoms with Crippen LogP contribution in [0.4, 0.5) is 5.69 Å². The van der Waals surface area contributed by atoms with Gasteiger partial charge in [-0.15, -0.1) is 0 Å². The standard InChI is InChI=1S/C16H26N2/c1-12-8-7-9-14(13(12)2)18-15(3,4)10-17-11-16(18,5)6/h7-9,17H,10-11H2,1-6H3. The minimum atomic E-state index is 0.139. The van der Waals surface area contributed by atoms with Crippen LogP contribution in [0.25, 0.3) is 0 Å². The van der Waals surface area contributed by atoms with Gasteiger partial charge in [-0.1, -0.05) is 12.1 Å². The third-order valence-corrected chi connectivity index (χ3v) is 4.14. The third kappa shape index (κ3) is 2.14. The van der Waals surface area contributed by atoms with Gasteiger partial charge < -0.3 is 10.2 Å². The second-order valence-corrected chi connectivity index (χ2v) is 6.78. The van der Waals surface area contributed by atoms with E-state index < -0.39 is 0 Å². The van der Waals surface area contributed by atoms with E-state index in [9.17, 15) is 0 Å². The molecule has 1 heterocycles. The SMILES string of the molecule is Cc1cccc(N2C(C)(C)CNCC2(C)C)c1C. The lowest BCUT2D eigenvalue weighted by Gasteiger charge is -2.55. The number of rotatable bonds is 1. The Balaban J connectivity index is 2.54. The molecule has 1 aliphatic heterocycles. The largest absolute Gasteiger partial charge is 0.359 e. The maximum Gasteiger partial charge on any atom is 0.0476 e. The van der Waals surface area contributed by atoms with E-state index in [1.807, 2.05) is 0 Å². The quantitative estimate of drug-likeness (QED) is 0.818. The van der Waals surface area contributed by atoms with Crippen LogP contribution in [0.1, 0.15) is 38.8 Å². The number of piperazine rings is 1. The van der Waals surface area contributed by atoms with Crippen LogP contribution in [0.5, 0.6) is 0 Å². The molecule has 2 heteroatoms. The number of nitrogens with one attached hydrogen (secondary N) is 1. The van der Waals surface area contributed by atoms with Crippen LogP contribution in [0, 0.1) is 13.8 Å². The van der Waals surface area contributed by atoms with Gasteiger partial charge >= 0.3 is 0 Å². The number of aryl methyl sites for hydroxylation is 1. The maximum atomic E-state index is 3.56. The zero-order valence-corrected chi connectivity index (χ0v) is 12.6. The molecule has 2 rings (SSSR count). The molecule has 1 aliphatic rings. The molecule has 0 saturated carbocycles. The average Bonchev–Trinajstić information content (AvgIpc) is 2.22. The summed E-state index contributed by atoms with van der Waals surface area (Å²) in [4.78, 5) is 2.60. The molecule has 1 N–H and O–H groups in total. The summed E-state index contributed by atoms with van der Waals surface area (Å²) in [5.74, 6) is 0. The number of anilines is 1. The van der Waals surface area contributed by atoms with E-state index in [1.165, 1.54) is 16.8 Å². The Morgan fingerprint density at radius 1 is 1.00 bits per heavy atom.